The number of aromatic nitrogens is 2. The maximum Gasteiger partial charge on any atom is 0.260 e. The molecule has 0 bridgehead atoms. The van der Waals surface area contributed by atoms with E-state index in [1.807, 2.05) is 121 Å². The Morgan fingerprint density at radius 3 is 1.78 bits per heavy atom. The second kappa shape index (κ2) is 19.2. The van der Waals surface area contributed by atoms with E-state index >= 15 is 0 Å². The second-order valence-corrected chi connectivity index (χ2v) is 13.5. The van der Waals surface area contributed by atoms with E-state index in [-0.39, 0.29) is 29.8 Å². The van der Waals surface area contributed by atoms with Crippen LogP contribution in [0.25, 0.3) is 0 Å². The quantitative estimate of drug-likeness (QED) is 0.139. The van der Waals surface area contributed by atoms with E-state index < -0.39 is 0 Å². The number of fused-ring (bicyclic) bond motifs is 4. The molecule has 9 nitrogen and oxygen atoms in total. The van der Waals surface area contributed by atoms with Crippen LogP contribution in [-0.4, -0.2) is 45.1 Å². The number of nitrogens with one attached hydrogen (secondary N) is 2. The van der Waals surface area contributed by atoms with Gasteiger partial charge in [-0.25, -0.2) is 9.97 Å². The minimum Gasteiger partial charge on any atom is -0.339 e. The normalized spacial score (nSPS) is 12.2. The number of rotatable bonds is 9. The SMILES string of the molecule is O=C(CBr)CCc1ccccc1.O=C(CCc1ccccc1)CN1C(=O)c2ccccc2Nc2ncccc21.O=C1Cc2cccnc2Nc2ccccc21. The number of para-hydroxylation sites is 2. The number of benzene rings is 4. The van der Waals surface area contributed by atoms with Crippen molar-refractivity contribution in [2.24, 2.45) is 0 Å². The molecule has 6 aromatic rings. The van der Waals surface area contributed by atoms with Crippen LogP contribution in [0.1, 0.15) is 50.2 Å². The third-order valence-electron chi connectivity index (χ3n) is 9.01. The molecule has 8 rings (SSSR count). The van der Waals surface area contributed by atoms with E-state index in [0.29, 0.717) is 53.8 Å². The summed E-state index contributed by atoms with van der Waals surface area (Å²) >= 11 is 3.14. The zero-order valence-electron chi connectivity index (χ0n) is 30.2. The van der Waals surface area contributed by atoms with E-state index in [0.717, 1.165) is 34.6 Å². The van der Waals surface area contributed by atoms with Crippen LogP contribution >= 0.6 is 15.9 Å². The van der Waals surface area contributed by atoms with Gasteiger partial charge < -0.3 is 10.6 Å². The summed E-state index contributed by atoms with van der Waals surface area (Å²) in [4.78, 5) is 58.8. The largest absolute Gasteiger partial charge is 0.339 e. The fraction of sp³-hybridized carbons (Fsp3) is 0.156. The number of aryl methyl sites for hydroxylation is 2. The molecule has 2 aliphatic heterocycles. The number of hydrogen-bond donors (Lipinski definition) is 2. The third-order valence-corrected chi connectivity index (χ3v) is 9.64. The Balaban J connectivity index is 0.000000155. The Kier molecular flexibility index (Phi) is 13.4. The Morgan fingerprint density at radius 1 is 0.600 bits per heavy atom. The molecule has 0 aliphatic carbocycles. The molecule has 0 saturated heterocycles. The van der Waals surface area contributed by atoms with Crippen LogP contribution in [0.3, 0.4) is 0 Å². The number of carbonyl (C=O) groups is 4. The minimum absolute atomic E-state index is 0.0152. The lowest BCUT2D eigenvalue weighted by molar-refractivity contribution is -0.118. The fourth-order valence-electron chi connectivity index (χ4n) is 6.13. The molecular weight excluding hydrogens is 754 g/mol. The Bertz CT molecular complexity index is 2270. The molecular formula is C45H40BrN5O4. The van der Waals surface area contributed by atoms with Crippen LogP contribution < -0.4 is 15.5 Å². The lowest BCUT2D eigenvalue weighted by atomic mass is 10.0. The number of anilines is 5. The summed E-state index contributed by atoms with van der Waals surface area (Å²) in [5, 5.41) is 6.88. The maximum atomic E-state index is 13.1. The van der Waals surface area contributed by atoms with Crippen LogP contribution in [0.15, 0.2) is 146 Å². The molecule has 1 amide bonds. The van der Waals surface area contributed by atoms with Crippen molar-refractivity contribution in [3.8, 4) is 0 Å². The predicted octanol–water partition coefficient (Wildman–Crippen LogP) is 9.13. The lowest BCUT2D eigenvalue weighted by Gasteiger charge is -2.21. The van der Waals surface area contributed by atoms with Crippen molar-refractivity contribution in [2.45, 2.75) is 32.1 Å². The summed E-state index contributed by atoms with van der Waals surface area (Å²) in [6.07, 6.45) is 6.34. The number of nitrogens with zero attached hydrogens (tertiary/aromatic N) is 3. The van der Waals surface area contributed by atoms with Crippen LogP contribution in [0.2, 0.25) is 0 Å². The average molecular weight is 795 g/mol. The van der Waals surface area contributed by atoms with Crippen molar-refractivity contribution in [3.05, 3.63) is 174 Å². The van der Waals surface area contributed by atoms with E-state index in [2.05, 4.69) is 36.5 Å². The third kappa shape index (κ3) is 10.5. The van der Waals surface area contributed by atoms with Gasteiger partial charge in [0.25, 0.3) is 5.91 Å². The summed E-state index contributed by atoms with van der Waals surface area (Å²) in [5.74, 6) is 1.57. The molecule has 276 valence electrons. The number of amides is 1. The van der Waals surface area contributed by atoms with E-state index in [4.69, 9.17) is 0 Å². The molecule has 2 N–H and O–H groups in total. The smallest absolute Gasteiger partial charge is 0.260 e. The highest BCUT2D eigenvalue weighted by molar-refractivity contribution is 9.09. The molecule has 0 radical (unpaired) electrons. The van der Waals surface area contributed by atoms with Gasteiger partial charge in [0.1, 0.15) is 11.6 Å². The highest BCUT2D eigenvalue weighted by Crippen LogP contribution is 2.34. The first-order valence-electron chi connectivity index (χ1n) is 18.0. The first-order valence-corrected chi connectivity index (χ1v) is 19.1. The number of carbonyl (C=O) groups excluding carboxylic acids is 4. The molecule has 0 atom stereocenters. The minimum atomic E-state index is -0.196. The predicted molar refractivity (Wildman–Crippen MR) is 221 cm³/mol. The summed E-state index contributed by atoms with van der Waals surface area (Å²) in [5.41, 5.74) is 6.71. The van der Waals surface area contributed by atoms with Crippen molar-refractivity contribution in [3.63, 3.8) is 0 Å². The summed E-state index contributed by atoms with van der Waals surface area (Å²) in [6, 6.07) is 42.1. The molecule has 4 aromatic carbocycles. The van der Waals surface area contributed by atoms with E-state index in [1.54, 1.807) is 24.5 Å². The average Bonchev–Trinajstić information content (AvgIpc) is 3.45. The van der Waals surface area contributed by atoms with Crippen molar-refractivity contribution in [1.82, 2.24) is 9.97 Å². The van der Waals surface area contributed by atoms with Crippen molar-refractivity contribution < 1.29 is 19.2 Å². The molecule has 10 heteroatoms. The molecule has 0 saturated carbocycles. The number of pyridine rings is 2. The van der Waals surface area contributed by atoms with Gasteiger partial charge in [-0.15, -0.1) is 0 Å². The highest BCUT2D eigenvalue weighted by atomic mass is 79.9. The number of hydrogen-bond acceptors (Lipinski definition) is 8. The van der Waals surface area contributed by atoms with Gasteiger partial charge in [-0.3, -0.25) is 24.1 Å². The molecule has 0 fully saturated rings. The molecule has 0 spiro atoms. The van der Waals surface area contributed by atoms with Gasteiger partial charge in [0, 0.05) is 42.8 Å². The Morgan fingerprint density at radius 2 is 1.13 bits per heavy atom. The number of alkyl halides is 1. The van der Waals surface area contributed by atoms with Crippen LogP contribution in [-0.2, 0) is 28.9 Å². The van der Waals surface area contributed by atoms with Gasteiger partial charge in [0.05, 0.1) is 34.5 Å². The molecule has 55 heavy (non-hydrogen) atoms. The topological polar surface area (TPSA) is 121 Å². The van der Waals surface area contributed by atoms with Crippen molar-refractivity contribution >= 4 is 67.9 Å². The maximum absolute atomic E-state index is 13.1. The van der Waals surface area contributed by atoms with Crippen molar-refractivity contribution in [2.75, 3.05) is 27.4 Å². The highest BCUT2D eigenvalue weighted by Gasteiger charge is 2.28. The number of ketones is 3. The lowest BCUT2D eigenvalue weighted by Crippen LogP contribution is -2.35. The summed E-state index contributed by atoms with van der Waals surface area (Å²) in [6.45, 7) is 0.0281. The second-order valence-electron chi connectivity index (χ2n) is 12.9. The zero-order valence-corrected chi connectivity index (χ0v) is 31.7. The van der Waals surface area contributed by atoms with Gasteiger partial charge in [-0.1, -0.05) is 107 Å². The van der Waals surface area contributed by atoms with Crippen molar-refractivity contribution in [1.29, 1.82) is 0 Å². The fourth-order valence-corrected chi connectivity index (χ4v) is 6.41. The Hall–Kier alpha value is -6.26. The van der Waals surface area contributed by atoms with Gasteiger partial charge in [0.15, 0.2) is 17.4 Å². The summed E-state index contributed by atoms with van der Waals surface area (Å²) in [7, 11) is 0. The van der Waals surface area contributed by atoms with Crippen LogP contribution in [0.4, 0.5) is 28.7 Å². The number of Topliss-reactive ketones (excluding diaryl/α,β-unsaturated/α-hetero) is 3. The Labute approximate surface area is 329 Å². The van der Waals surface area contributed by atoms with Gasteiger partial charge >= 0.3 is 0 Å². The molecule has 0 unspecified atom stereocenters. The van der Waals surface area contributed by atoms with Gasteiger partial charge in [0.2, 0.25) is 0 Å². The zero-order chi connectivity index (χ0) is 38.4. The first-order chi connectivity index (χ1) is 26.9. The molecule has 2 aliphatic rings. The van der Waals surface area contributed by atoms with Gasteiger partial charge in [-0.05, 0) is 66.4 Å². The number of halogens is 1. The molecule has 2 aromatic heterocycles. The van der Waals surface area contributed by atoms with E-state index in [9.17, 15) is 19.2 Å². The first kappa shape index (κ1) is 38.5. The standard InChI is InChI=1S/C22H19N3O2.C13H10N2O.C10H11BrO/c26-17(13-12-16-7-2-1-3-8-16)15-25-20-11-6-14-23-21(20)24-19-10-5-4-9-18(19)22(25)27;16-12-8-9-4-3-7-14-13(9)15-11-6-2-1-5-10(11)12;11-8-10(12)7-6-9-4-2-1-3-5-9/h1-11,14H,12-13,15H2,(H,23,24);1-7H,8H2,(H,14,15);1-5H,6-8H2. The summed E-state index contributed by atoms with van der Waals surface area (Å²) < 4.78 is 0. The monoisotopic (exact) mass is 793 g/mol. The van der Waals surface area contributed by atoms with Crippen LogP contribution in [0, 0.1) is 0 Å². The molecule has 4 heterocycles. The van der Waals surface area contributed by atoms with Gasteiger partial charge in [-0.2, -0.15) is 0 Å². The van der Waals surface area contributed by atoms with E-state index in [1.165, 1.54) is 10.5 Å². The van der Waals surface area contributed by atoms with Crippen LogP contribution in [0.5, 0.6) is 0 Å².